The summed E-state index contributed by atoms with van der Waals surface area (Å²) < 4.78 is 6.92. The van der Waals surface area contributed by atoms with Gasteiger partial charge in [0.05, 0.1) is 18.0 Å². The van der Waals surface area contributed by atoms with Gasteiger partial charge in [-0.05, 0) is 24.5 Å². The maximum Gasteiger partial charge on any atom is 0.0781 e. The van der Waals surface area contributed by atoms with Crippen LogP contribution in [0.3, 0.4) is 0 Å². The van der Waals surface area contributed by atoms with Crippen LogP contribution >= 0.6 is 11.8 Å². The van der Waals surface area contributed by atoms with Crippen LogP contribution in [-0.4, -0.2) is 36.3 Å². The van der Waals surface area contributed by atoms with Crippen molar-refractivity contribution in [2.24, 2.45) is 0 Å². The number of nitrogens with zero attached hydrogens (tertiary/aromatic N) is 2. The molecular formula is C14H19N3OS. The Bertz CT molecular complexity index is 513. The van der Waals surface area contributed by atoms with Crippen molar-refractivity contribution in [3.63, 3.8) is 0 Å². The molecule has 0 saturated carbocycles. The van der Waals surface area contributed by atoms with Gasteiger partial charge in [-0.3, -0.25) is 0 Å². The van der Waals surface area contributed by atoms with E-state index in [4.69, 9.17) is 4.74 Å². The number of methoxy groups -OCH3 is 1. The maximum atomic E-state index is 4.99. The summed E-state index contributed by atoms with van der Waals surface area (Å²) in [5.74, 6) is 0. The molecule has 102 valence electrons. The highest BCUT2D eigenvalue weighted by Crippen LogP contribution is 2.22. The molecule has 0 fully saturated rings. The maximum absolute atomic E-state index is 4.99. The Labute approximate surface area is 118 Å². The lowest BCUT2D eigenvalue weighted by molar-refractivity contribution is 0.199. The van der Waals surface area contributed by atoms with Gasteiger partial charge in [-0.1, -0.05) is 12.1 Å². The number of nitrogens with one attached hydrogen (secondary N) is 1. The molecule has 1 aromatic carbocycles. The Hall–Kier alpha value is -1.30. The molecule has 0 spiro atoms. The highest BCUT2D eigenvalue weighted by molar-refractivity contribution is 7.98. The van der Waals surface area contributed by atoms with E-state index in [1.54, 1.807) is 18.9 Å². The van der Waals surface area contributed by atoms with Crippen LogP contribution in [0.5, 0.6) is 0 Å². The van der Waals surface area contributed by atoms with Gasteiger partial charge in [-0.2, -0.15) is 5.10 Å². The molecule has 0 radical (unpaired) electrons. The molecule has 19 heavy (non-hydrogen) atoms. The van der Waals surface area contributed by atoms with Crippen molar-refractivity contribution in [2.75, 3.05) is 26.5 Å². The summed E-state index contributed by atoms with van der Waals surface area (Å²) in [6.45, 7) is 2.32. The van der Waals surface area contributed by atoms with E-state index in [2.05, 4.69) is 28.8 Å². The van der Waals surface area contributed by atoms with Crippen LogP contribution in [0, 0.1) is 0 Å². The lowest BCUT2D eigenvalue weighted by Crippen LogP contribution is -2.18. The predicted octanol–water partition coefficient (Wildman–Crippen LogP) is 2.33. The second-order valence-corrected chi connectivity index (χ2v) is 4.94. The number of thioether (sulfide) groups is 1. The second-order valence-electron chi connectivity index (χ2n) is 4.09. The summed E-state index contributed by atoms with van der Waals surface area (Å²) in [5.41, 5.74) is 2.16. The van der Waals surface area contributed by atoms with E-state index in [0.717, 1.165) is 31.1 Å². The molecule has 0 amide bonds. The van der Waals surface area contributed by atoms with E-state index in [1.165, 1.54) is 4.90 Å². The Kier molecular flexibility index (Phi) is 5.44. The molecule has 1 aromatic heterocycles. The molecular weight excluding hydrogens is 258 g/mol. The van der Waals surface area contributed by atoms with Gasteiger partial charge in [0.25, 0.3) is 0 Å². The first-order valence-electron chi connectivity index (χ1n) is 6.22. The van der Waals surface area contributed by atoms with Crippen LogP contribution in [0.2, 0.25) is 0 Å². The first kappa shape index (κ1) is 14.1. The number of hydrogen-bond donors (Lipinski definition) is 1. The summed E-state index contributed by atoms with van der Waals surface area (Å²) in [4.78, 5) is 1.23. The zero-order chi connectivity index (χ0) is 13.5. The van der Waals surface area contributed by atoms with Gasteiger partial charge < -0.3 is 10.1 Å². The third-order valence-corrected chi connectivity index (χ3v) is 3.55. The summed E-state index contributed by atoms with van der Waals surface area (Å²) in [6.07, 6.45) is 4.08. The Balaban J connectivity index is 2.04. The number of rotatable bonds is 7. The van der Waals surface area contributed by atoms with E-state index in [9.17, 15) is 0 Å². The molecule has 5 heteroatoms. The van der Waals surface area contributed by atoms with Gasteiger partial charge in [-0.15, -0.1) is 11.8 Å². The molecule has 0 unspecified atom stereocenters. The molecule has 1 N–H and O–H groups in total. The first-order chi connectivity index (χ1) is 9.35. The van der Waals surface area contributed by atoms with Crippen molar-refractivity contribution >= 4 is 11.8 Å². The fourth-order valence-electron chi connectivity index (χ4n) is 1.80. The Morgan fingerprint density at radius 2 is 2.16 bits per heavy atom. The molecule has 0 atom stereocenters. The van der Waals surface area contributed by atoms with Crippen molar-refractivity contribution in [1.82, 2.24) is 15.1 Å². The van der Waals surface area contributed by atoms with Crippen molar-refractivity contribution < 1.29 is 4.74 Å². The van der Waals surface area contributed by atoms with Gasteiger partial charge in [0.2, 0.25) is 0 Å². The lowest BCUT2D eigenvalue weighted by atomic mass is 10.3. The second kappa shape index (κ2) is 7.33. The molecule has 0 bridgehead atoms. The van der Waals surface area contributed by atoms with E-state index in [-0.39, 0.29) is 0 Å². The number of aromatic nitrogens is 2. The molecule has 2 aromatic rings. The zero-order valence-electron chi connectivity index (χ0n) is 11.3. The molecule has 4 nitrogen and oxygen atoms in total. The van der Waals surface area contributed by atoms with Crippen LogP contribution in [0.25, 0.3) is 5.69 Å². The number of ether oxygens (including phenoxy) is 1. The smallest absolute Gasteiger partial charge is 0.0781 e. The summed E-state index contributed by atoms with van der Waals surface area (Å²) >= 11 is 1.73. The van der Waals surface area contributed by atoms with Crippen LogP contribution in [0.4, 0.5) is 0 Å². The van der Waals surface area contributed by atoms with Crippen molar-refractivity contribution in [1.29, 1.82) is 0 Å². The van der Waals surface area contributed by atoms with E-state index in [1.807, 2.05) is 29.1 Å². The standard InChI is InChI=1S/C14H19N3OS/c1-18-10-8-15-11-12-7-9-17(16-12)13-5-3-4-6-14(13)19-2/h3-7,9,15H,8,10-11H2,1-2H3. The predicted molar refractivity (Wildman–Crippen MR) is 78.9 cm³/mol. The minimum atomic E-state index is 0.718. The number of para-hydroxylation sites is 1. The SMILES string of the molecule is COCCNCc1ccn(-c2ccccc2SC)n1. The van der Waals surface area contributed by atoms with Crippen molar-refractivity contribution in [3.05, 3.63) is 42.2 Å². The van der Waals surface area contributed by atoms with Gasteiger partial charge in [0.15, 0.2) is 0 Å². The highest BCUT2D eigenvalue weighted by atomic mass is 32.2. The Morgan fingerprint density at radius 1 is 1.32 bits per heavy atom. The fourth-order valence-corrected chi connectivity index (χ4v) is 2.39. The van der Waals surface area contributed by atoms with Crippen LogP contribution in [-0.2, 0) is 11.3 Å². The third kappa shape index (κ3) is 3.83. The van der Waals surface area contributed by atoms with Crippen molar-refractivity contribution in [2.45, 2.75) is 11.4 Å². The largest absolute Gasteiger partial charge is 0.383 e. The fraction of sp³-hybridized carbons (Fsp3) is 0.357. The molecule has 1 heterocycles. The average Bonchev–Trinajstić information content (AvgIpc) is 2.92. The quantitative estimate of drug-likeness (QED) is 0.623. The van der Waals surface area contributed by atoms with Crippen LogP contribution in [0.1, 0.15) is 5.69 Å². The van der Waals surface area contributed by atoms with Crippen LogP contribution in [0.15, 0.2) is 41.4 Å². The minimum absolute atomic E-state index is 0.718. The van der Waals surface area contributed by atoms with E-state index < -0.39 is 0 Å². The molecule has 0 saturated heterocycles. The third-order valence-electron chi connectivity index (χ3n) is 2.77. The summed E-state index contributed by atoms with van der Waals surface area (Å²) in [7, 11) is 1.70. The van der Waals surface area contributed by atoms with Gasteiger partial charge >= 0.3 is 0 Å². The van der Waals surface area contributed by atoms with Crippen LogP contribution < -0.4 is 5.32 Å². The first-order valence-corrected chi connectivity index (χ1v) is 7.45. The van der Waals surface area contributed by atoms with E-state index in [0.29, 0.717) is 0 Å². The Morgan fingerprint density at radius 3 is 2.95 bits per heavy atom. The normalized spacial score (nSPS) is 10.8. The number of hydrogen-bond acceptors (Lipinski definition) is 4. The van der Waals surface area contributed by atoms with Gasteiger partial charge in [-0.25, -0.2) is 4.68 Å². The van der Waals surface area contributed by atoms with Gasteiger partial charge in [0, 0.05) is 31.3 Å². The van der Waals surface area contributed by atoms with Crippen molar-refractivity contribution in [3.8, 4) is 5.69 Å². The topological polar surface area (TPSA) is 39.1 Å². The number of benzene rings is 1. The zero-order valence-corrected chi connectivity index (χ0v) is 12.1. The molecule has 0 aliphatic heterocycles. The monoisotopic (exact) mass is 277 g/mol. The highest BCUT2D eigenvalue weighted by Gasteiger charge is 2.05. The molecule has 0 aliphatic rings. The molecule has 0 aliphatic carbocycles. The molecule has 2 rings (SSSR count). The van der Waals surface area contributed by atoms with E-state index >= 15 is 0 Å². The van der Waals surface area contributed by atoms with Gasteiger partial charge in [0.1, 0.15) is 0 Å². The lowest BCUT2D eigenvalue weighted by Gasteiger charge is -2.06. The average molecular weight is 277 g/mol. The minimum Gasteiger partial charge on any atom is -0.383 e. The summed E-state index contributed by atoms with van der Waals surface area (Å²) in [6, 6.07) is 10.3. The summed E-state index contributed by atoms with van der Waals surface area (Å²) in [5, 5.41) is 7.88.